The fourth-order valence-corrected chi connectivity index (χ4v) is 4.11. The first-order valence-corrected chi connectivity index (χ1v) is 7.35. The van der Waals surface area contributed by atoms with Crippen LogP contribution in [0.5, 0.6) is 0 Å². The van der Waals surface area contributed by atoms with Crippen molar-refractivity contribution in [2.45, 2.75) is 19.4 Å². The molecule has 1 aliphatic heterocycles. The van der Waals surface area contributed by atoms with Gasteiger partial charge in [0.15, 0.2) is 9.84 Å². The number of hydrogen-bond acceptors (Lipinski definition) is 3. The van der Waals surface area contributed by atoms with Crippen LogP contribution in [0, 0.1) is 18.7 Å². The van der Waals surface area contributed by atoms with Gasteiger partial charge in [0.2, 0.25) is 0 Å². The molecule has 0 radical (unpaired) electrons. The van der Waals surface area contributed by atoms with E-state index in [1.807, 2.05) is 0 Å². The van der Waals surface area contributed by atoms with E-state index in [9.17, 15) is 17.9 Å². The summed E-state index contributed by atoms with van der Waals surface area (Å²) >= 11 is 0. The number of benzene rings is 1. The Morgan fingerprint density at radius 2 is 2.12 bits per heavy atom. The summed E-state index contributed by atoms with van der Waals surface area (Å²) in [7, 11) is -3.02. The highest BCUT2D eigenvalue weighted by atomic mass is 32.2. The molecule has 0 amide bonds. The number of halogens is 1. The van der Waals surface area contributed by atoms with E-state index in [4.69, 9.17) is 0 Å². The lowest BCUT2D eigenvalue weighted by Gasteiger charge is -2.17. The van der Waals surface area contributed by atoms with Crippen LogP contribution in [0.3, 0.4) is 0 Å². The Hall–Kier alpha value is -0.940. The van der Waals surface area contributed by atoms with Crippen LogP contribution in [0.25, 0.3) is 0 Å². The average Bonchev–Trinajstić information content (AvgIpc) is 2.56. The minimum atomic E-state index is -3.02. The summed E-state index contributed by atoms with van der Waals surface area (Å²) in [6.45, 7) is 1.74. The summed E-state index contributed by atoms with van der Waals surface area (Å²) in [5.41, 5.74) is 1.18. The molecule has 2 unspecified atom stereocenters. The fourth-order valence-electron chi connectivity index (χ4n) is 2.28. The van der Waals surface area contributed by atoms with Crippen molar-refractivity contribution in [3.05, 3.63) is 35.1 Å². The molecule has 1 saturated heterocycles. The largest absolute Gasteiger partial charge is 0.388 e. The van der Waals surface area contributed by atoms with Crippen LogP contribution in [0.15, 0.2) is 18.2 Å². The van der Waals surface area contributed by atoms with Gasteiger partial charge in [0.1, 0.15) is 5.82 Å². The molecule has 94 valence electrons. The molecule has 1 aliphatic rings. The van der Waals surface area contributed by atoms with E-state index in [0.717, 1.165) is 5.56 Å². The maximum atomic E-state index is 13.2. The van der Waals surface area contributed by atoms with Crippen molar-refractivity contribution in [2.75, 3.05) is 11.5 Å². The fraction of sp³-hybridized carbons (Fsp3) is 0.500. The van der Waals surface area contributed by atoms with Crippen molar-refractivity contribution < 1.29 is 17.9 Å². The van der Waals surface area contributed by atoms with Crippen LogP contribution in [0.1, 0.15) is 23.7 Å². The highest BCUT2D eigenvalue weighted by Gasteiger charge is 2.33. The van der Waals surface area contributed by atoms with Crippen LogP contribution >= 0.6 is 0 Å². The smallest absolute Gasteiger partial charge is 0.150 e. The summed E-state index contributed by atoms with van der Waals surface area (Å²) in [6, 6.07) is 4.34. The summed E-state index contributed by atoms with van der Waals surface area (Å²) < 4.78 is 35.8. The third-order valence-corrected chi connectivity index (χ3v) is 4.91. The molecule has 1 aromatic carbocycles. The standard InChI is InChI=1S/C12H15FO3S/c1-8-4-10(6-11(13)5-8)12(14)9-2-3-17(15,16)7-9/h4-6,9,12,14H,2-3,7H2,1H3. The van der Waals surface area contributed by atoms with Crippen LogP contribution in [0.2, 0.25) is 0 Å². The molecule has 2 atom stereocenters. The van der Waals surface area contributed by atoms with Gasteiger partial charge in [0.25, 0.3) is 0 Å². The molecular formula is C12H15FO3S. The second kappa shape index (κ2) is 4.38. The quantitative estimate of drug-likeness (QED) is 0.876. The molecule has 3 nitrogen and oxygen atoms in total. The first-order chi connectivity index (χ1) is 7.87. The SMILES string of the molecule is Cc1cc(F)cc(C(O)C2CCS(=O)(=O)C2)c1. The normalized spacial score (nSPS) is 24.8. The number of rotatable bonds is 2. The maximum Gasteiger partial charge on any atom is 0.150 e. The van der Waals surface area contributed by atoms with E-state index in [2.05, 4.69) is 0 Å². The number of hydrogen-bond donors (Lipinski definition) is 1. The first kappa shape index (κ1) is 12.5. The summed E-state index contributed by atoms with van der Waals surface area (Å²) in [4.78, 5) is 0. The van der Waals surface area contributed by atoms with Crippen LogP contribution < -0.4 is 0 Å². The molecule has 5 heteroatoms. The molecule has 2 rings (SSSR count). The van der Waals surface area contributed by atoms with Crippen molar-refractivity contribution in [3.63, 3.8) is 0 Å². The van der Waals surface area contributed by atoms with Gasteiger partial charge in [-0.1, -0.05) is 6.07 Å². The number of aliphatic hydroxyl groups is 1. The number of aliphatic hydroxyl groups excluding tert-OH is 1. The third kappa shape index (κ3) is 2.84. The minimum absolute atomic E-state index is 0.0102. The van der Waals surface area contributed by atoms with Gasteiger partial charge in [0, 0.05) is 5.92 Å². The Balaban J connectivity index is 2.23. The van der Waals surface area contributed by atoms with E-state index in [0.29, 0.717) is 12.0 Å². The average molecular weight is 258 g/mol. The Morgan fingerprint density at radius 1 is 1.41 bits per heavy atom. The topological polar surface area (TPSA) is 54.4 Å². The second-order valence-electron chi connectivity index (χ2n) is 4.67. The molecule has 1 aromatic rings. The lowest BCUT2D eigenvalue weighted by atomic mass is 9.94. The van der Waals surface area contributed by atoms with Gasteiger partial charge in [-0.3, -0.25) is 0 Å². The van der Waals surface area contributed by atoms with E-state index in [1.54, 1.807) is 13.0 Å². The molecular weight excluding hydrogens is 243 g/mol. The molecule has 0 saturated carbocycles. The molecule has 0 bridgehead atoms. The van der Waals surface area contributed by atoms with Gasteiger partial charge < -0.3 is 5.11 Å². The van der Waals surface area contributed by atoms with E-state index >= 15 is 0 Å². The number of aryl methyl sites for hydroxylation is 1. The second-order valence-corrected chi connectivity index (χ2v) is 6.90. The Bertz CT molecular complexity index is 504. The third-order valence-electron chi connectivity index (χ3n) is 3.12. The Kier molecular flexibility index (Phi) is 3.23. The Morgan fingerprint density at radius 3 is 2.65 bits per heavy atom. The summed E-state index contributed by atoms with van der Waals surface area (Å²) in [5.74, 6) is -0.617. The first-order valence-electron chi connectivity index (χ1n) is 5.53. The minimum Gasteiger partial charge on any atom is -0.388 e. The zero-order valence-corrected chi connectivity index (χ0v) is 10.4. The van der Waals surface area contributed by atoms with E-state index < -0.39 is 21.8 Å². The van der Waals surface area contributed by atoms with Gasteiger partial charge >= 0.3 is 0 Å². The highest BCUT2D eigenvalue weighted by Crippen LogP contribution is 2.31. The molecule has 0 aliphatic carbocycles. The van der Waals surface area contributed by atoms with Crippen molar-refractivity contribution in [3.8, 4) is 0 Å². The molecule has 17 heavy (non-hydrogen) atoms. The van der Waals surface area contributed by atoms with Crippen LogP contribution in [-0.2, 0) is 9.84 Å². The van der Waals surface area contributed by atoms with E-state index in [1.165, 1.54) is 12.1 Å². The van der Waals surface area contributed by atoms with Crippen molar-refractivity contribution >= 4 is 9.84 Å². The Labute approximate surface area is 100 Å². The lowest BCUT2D eigenvalue weighted by Crippen LogP contribution is -2.14. The predicted molar refractivity (Wildman–Crippen MR) is 62.9 cm³/mol. The van der Waals surface area contributed by atoms with Gasteiger partial charge in [-0.25, -0.2) is 12.8 Å². The molecule has 0 aromatic heterocycles. The van der Waals surface area contributed by atoms with Crippen molar-refractivity contribution in [1.29, 1.82) is 0 Å². The zero-order valence-electron chi connectivity index (χ0n) is 9.56. The molecule has 1 heterocycles. The number of sulfone groups is 1. The van der Waals surface area contributed by atoms with Crippen molar-refractivity contribution in [2.24, 2.45) is 5.92 Å². The zero-order chi connectivity index (χ0) is 12.6. The molecule has 1 N–H and O–H groups in total. The van der Waals surface area contributed by atoms with Gasteiger partial charge in [0.05, 0.1) is 17.6 Å². The highest BCUT2D eigenvalue weighted by molar-refractivity contribution is 7.91. The van der Waals surface area contributed by atoms with Gasteiger partial charge in [-0.05, 0) is 36.6 Å². The lowest BCUT2D eigenvalue weighted by molar-refractivity contribution is 0.120. The van der Waals surface area contributed by atoms with Crippen molar-refractivity contribution in [1.82, 2.24) is 0 Å². The molecule has 0 spiro atoms. The maximum absolute atomic E-state index is 13.2. The summed E-state index contributed by atoms with van der Waals surface area (Å²) in [5, 5.41) is 10.1. The van der Waals surface area contributed by atoms with Crippen LogP contribution in [-0.4, -0.2) is 25.0 Å². The monoisotopic (exact) mass is 258 g/mol. The van der Waals surface area contributed by atoms with Gasteiger partial charge in [-0.2, -0.15) is 0 Å². The summed E-state index contributed by atoms with van der Waals surface area (Å²) in [6.07, 6.45) is -0.458. The van der Waals surface area contributed by atoms with Crippen LogP contribution in [0.4, 0.5) is 4.39 Å². The van der Waals surface area contributed by atoms with Gasteiger partial charge in [-0.15, -0.1) is 0 Å². The van der Waals surface area contributed by atoms with E-state index in [-0.39, 0.29) is 17.4 Å². The molecule has 1 fully saturated rings. The predicted octanol–water partition coefficient (Wildman–Crippen LogP) is 1.60.